The number of para-hydroxylation sites is 2. The van der Waals surface area contributed by atoms with Crippen LogP contribution in [0.1, 0.15) is 46.7 Å². The van der Waals surface area contributed by atoms with E-state index in [2.05, 4.69) is 40.2 Å². The van der Waals surface area contributed by atoms with E-state index in [4.69, 9.17) is 4.98 Å². The minimum atomic E-state index is -0.192. The standard InChI is InChI=1S/C26H27N3O/c1-19-10-8-14-22(18-19)26(30)27-20(2)25-28-23-15-6-7-16-24(23)29(25)17-9-13-21-11-4-3-5-12-21/h3-8,10-12,14-16,18,20H,9,13,17H2,1-2H3,(H,27,30). The number of hydrogen-bond donors (Lipinski definition) is 1. The lowest BCUT2D eigenvalue weighted by Gasteiger charge is -2.17. The summed E-state index contributed by atoms with van der Waals surface area (Å²) in [5.74, 6) is 0.819. The molecule has 4 heteroatoms. The van der Waals surface area contributed by atoms with E-state index in [0.717, 1.165) is 41.8 Å². The molecule has 0 saturated heterocycles. The van der Waals surface area contributed by atoms with Crippen molar-refractivity contribution in [2.24, 2.45) is 0 Å². The van der Waals surface area contributed by atoms with Crippen LogP contribution in [0.15, 0.2) is 78.9 Å². The topological polar surface area (TPSA) is 46.9 Å². The van der Waals surface area contributed by atoms with Gasteiger partial charge in [0.05, 0.1) is 17.1 Å². The number of nitrogens with one attached hydrogen (secondary N) is 1. The molecule has 0 aliphatic rings. The van der Waals surface area contributed by atoms with E-state index in [1.165, 1.54) is 5.56 Å². The van der Waals surface area contributed by atoms with Gasteiger partial charge in [0.25, 0.3) is 5.91 Å². The number of fused-ring (bicyclic) bond motifs is 1. The molecule has 4 aromatic rings. The Kier molecular flexibility index (Phi) is 5.94. The molecule has 1 unspecified atom stereocenters. The van der Waals surface area contributed by atoms with Crippen molar-refractivity contribution in [2.45, 2.75) is 39.3 Å². The molecule has 0 bridgehead atoms. The molecule has 1 heterocycles. The van der Waals surface area contributed by atoms with Crippen molar-refractivity contribution >= 4 is 16.9 Å². The zero-order valence-electron chi connectivity index (χ0n) is 17.5. The first-order valence-electron chi connectivity index (χ1n) is 10.5. The van der Waals surface area contributed by atoms with E-state index < -0.39 is 0 Å². The Morgan fingerprint density at radius 3 is 2.57 bits per heavy atom. The SMILES string of the molecule is Cc1cccc(C(=O)NC(C)c2nc3ccccc3n2CCCc2ccccc2)c1. The van der Waals surface area contributed by atoms with Gasteiger partial charge in [-0.2, -0.15) is 0 Å². The maximum atomic E-state index is 12.8. The Balaban J connectivity index is 1.55. The number of rotatable bonds is 7. The number of aryl methyl sites for hydroxylation is 3. The number of carbonyl (C=O) groups is 1. The lowest BCUT2D eigenvalue weighted by molar-refractivity contribution is 0.0937. The molecule has 152 valence electrons. The summed E-state index contributed by atoms with van der Waals surface area (Å²) in [6.07, 6.45) is 2.02. The Morgan fingerprint density at radius 2 is 1.77 bits per heavy atom. The molecule has 0 fully saturated rings. The maximum absolute atomic E-state index is 12.8. The summed E-state index contributed by atoms with van der Waals surface area (Å²) in [5.41, 5.74) is 5.15. The van der Waals surface area contributed by atoms with Gasteiger partial charge in [-0.1, -0.05) is 60.2 Å². The van der Waals surface area contributed by atoms with E-state index in [0.29, 0.717) is 5.56 Å². The van der Waals surface area contributed by atoms with Crippen LogP contribution in [0, 0.1) is 6.92 Å². The van der Waals surface area contributed by atoms with Crippen molar-refractivity contribution in [3.63, 3.8) is 0 Å². The smallest absolute Gasteiger partial charge is 0.251 e. The number of hydrogen-bond acceptors (Lipinski definition) is 2. The molecule has 0 spiro atoms. The van der Waals surface area contributed by atoms with Crippen LogP contribution in [-0.4, -0.2) is 15.5 Å². The molecule has 1 aromatic heterocycles. The summed E-state index contributed by atoms with van der Waals surface area (Å²) in [6.45, 7) is 4.85. The molecule has 1 atom stereocenters. The van der Waals surface area contributed by atoms with Crippen molar-refractivity contribution < 1.29 is 4.79 Å². The molecule has 4 nitrogen and oxygen atoms in total. The van der Waals surface area contributed by atoms with E-state index in [9.17, 15) is 4.79 Å². The predicted molar refractivity (Wildman–Crippen MR) is 122 cm³/mol. The quantitative estimate of drug-likeness (QED) is 0.450. The Labute approximate surface area is 177 Å². The highest BCUT2D eigenvalue weighted by molar-refractivity contribution is 5.94. The van der Waals surface area contributed by atoms with Crippen LogP contribution in [0.25, 0.3) is 11.0 Å². The van der Waals surface area contributed by atoms with Gasteiger partial charge < -0.3 is 9.88 Å². The number of benzene rings is 3. The maximum Gasteiger partial charge on any atom is 0.251 e. The van der Waals surface area contributed by atoms with Crippen molar-refractivity contribution in [3.8, 4) is 0 Å². The summed E-state index contributed by atoms with van der Waals surface area (Å²) in [4.78, 5) is 17.6. The molecule has 0 saturated carbocycles. The van der Waals surface area contributed by atoms with Crippen molar-refractivity contribution in [1.82, 2.24) is 14.9 Å². The largest absolute Gasteiger partial charge is 0.342 e. The van der Waals surface area contributed by atoms with E-state index >= 15 is 0 Å². The van der Waals surface area contributed by atoms with Gasteiger partial charge in [0.2, 0.25) is 0 Å². The second-order valence-electron chi connectivity index (χ2n) is 7.76. The lowest BCUT2D eigenvalue weighted by Crippen LogP contribution is -2.28. The van der Waals surface area contributed by atoms with Gasteiger partial charge >= 0.3 is 0 Å². The Morgan fingerprint density at radius 1 is 1.00 bits per heavy atom. The van der Waals surface area contributed by atoms with Gasteiger partial charge in [0.1, 0.15) is 5.82 Å². The van der Waals surface area contributed by atoms with Crippen LogP contribution in [0.3, 0.4) is 0 Å². The third-order valence-electron chi connectivity index (χ3n) is 5.39. The van der Waals surface area contributed by atoms with Gasteiger partial charge in [-0.05, 0) is 56.5 Å². The summed E-state index contributed by atoms with van der Waals surface area (Å²) >= 11 is 0. The lowest BCUT2D eigenvalue weighted by atomic mass is 10.1. The highest BCUT2D eigenvalue weighted by Gasteiger charge is 2.19. The fourth-order valence-corrected chi connectivity index (χ4v) is 3.88. The number of carbonyl (C=O) groups excluding carboxylic acids is 1. The molecule has 1 amide bonds. The van der Waals surface area contributed by atoms with Gasteiger partial charge in [-0.15, -0.1) is 0 Å². The number of imidazole rings is 1. The zero-order valence-corrected chi connectivity index (χ0v) is 17.5. The second-order valence-corrected chi connectivity index (χ2v) is 7.76. The highest BCUT2D eigenvalue weighted by atomic mass is 16.1. The molecule has 1 N–H and O–H groups in total. The van der Waals surface area contributed by atoms with Crippen molar-refractivity contribution in [2.75, 3.05) is 0 Å². The molecule has 30 heavy (non-hydrogen) atoms. The molecule has 0 aliphatic carbocycles. The first-order chi connectivity index (χ1) is 14.6. The molecular weight excluding hydrogens is 370 g/mol. The molecule has 0 radical (unpaired) electrons. The molecule has 4 rings (SSSR count). The van der Waals surface area contributed by atoms with Gasteiger partial charge in [0, 0.05) is 12.1 Å². The highest BCUT2D eigenvalue weighted by Crippen LogP contribution is 2.22. The molecule has 3 aromatic carbocycles. The summed E-state index contributed by atoms with van der Waals surface area (Å²) < 4.78 is 2.25. The van der Waals surface area contributed by atoms with Crippen molar-refractivity contribution in [1.29, 1.82) is 0 Å². The third-order valence-corrected chi connectivity index (χ3v) is 5.39. The first-order valence-corrected chi connectivity index (χ1v) is 10.5. The Hall–Kier alpha value is -3.40. The van der Waals surface area contributed by atoms with Gasteiger partial charge in [-0.25, -0.2) is 4.98 Å². The number of nitrogens with zero attached hydrogens (tertiary/aromatic N) is 2. The Bertz CT molecular complexity index is 1150. The average molecular weight is 398 g/mol. The first kappa shape index (κ1) is 19.9. The van der Waals surface area contributed by atoms with E-state index in [1.807, 2.05) is 62.4 Å². The summed E-state index contributed by atoms with van der Waals surface area (Å²) in [6, 6.07) is 26.2. The van der Waals surface area contributed by atoms with Crippen LogP contribution < -0.4 is 5.32 Å². The van der Waals surface area contributed by atoms with Crippen molar-refractivity contribution in [3.05, 3.63) is 101 Å². The summed E-state index contributed by atoms with van der Waals surface area (Å²) in [7, 11) is 0. The monoisotopic (exact) mass is 397 g/mol. The van der Waals surface area contributed by atoms with E-state index in [-0.39, 0.29) is 11.9 Å². The summed E-state index contributed by atoms with van der Waals surface area (Å²) in [5, 5.41) is 3.13. The minimum absolute atomic E-state index is 0.0749. The van der Waals surface area contributed by atoms with Crippen LogP contribution in [-0.2, 0) is 13.0 Å². The zero-order chi connectivity index (χ0) is 20.9. The predicted octanol–water partition coefficient (Wildman–Crippen LogP) is 5.47. The third kappa shape index (κ3) is 4.43. The molecule has 0 aliphatic heterocycles. The number of amides is 1. The van der Waals surface area contributed by atoms with Crippen LogP contribution in [0.4, 0.5) is 0 Å². The minimum Gasteiger partial charge on any atom is -0.342 e. The fourth-order valence-electron chi connectivity index (χ4n) is 3.88. The normalized spacial score (nSPS) is 12.1. The number of aromatic nitrogens is 2. The molecular formula is C26H27N3O. The van der Waals surface area contributed by atoms with Gasteiger partial charge in [-0.3, -0.25) is 4.79 Å². The second kappa shape index (κ2) is 8.95. The van der Waals surface area contributed by atoms with E-state index in [1.54, 1.807) is 0 Å². The van der Waals surface area contributed by atoms with Gasteiger partial charge in [0.15, 0.2) is 0 Å². The van der Waals surface area contributed by atoms with Crippen LogP contribution in [0.2, 0.25) is 0 Å². The average Bonchev–Trinajstić information content (AvgIpc) is 3.13. The van der Waals surface area contributed by atoms with Crippen LogP contribution >= 0.6 is 0 Å². The van der Waals surface area contributed by atoms with Crippen LogP contribution in [0.5, 0.6) is 0 Å². The fraction of sp³-hybridized carbons (Fsp3) is 0.231.